The molecule has 2 aliphatic heterocycles. The average Bonchev–Trinajstić information content (AvgIpc) is 3.24. The highest BCUT2D eigenvalue weighted by atomic mass is 16.5. The molecule has 2 amide bonds. The highest BCUT2D eigenvalue weighted by Gasteiger charge is 2.33. The maximum absolute atomic E-state index is 13.3. The van der Waals surface area contributed by atoms with Crippen molar-refractivity contribution in [3.05, 3.63) is 65.1 Å². The van der Waals surface area contributed by atoms with Crippen LogP contribution in [0.1, 0.15) is 38.1 Å². The number of benzene rings is 2. The number of hydrogen-bond acceptors (Lipinski definition) is 4. The second kappa shape index (κ2) is 10.4. The van der Waals surface area contributed by atoms with Crippen molar-refractivity contribution in [3.8, 4) is 5.75 Å². The zero-order valence-corrected chi connectivity index (χ0v) is 19.9. The summed E-state index contributed by atoms with van der Waals surface area (Å²) in [5.74, 6) is 0.768. The first-order chi connectivity index (χ1) is 17.1. The summed E-state index contributed by atoms with van der Waals surface area (Å²) in [6.45, 7) is 2.76. The van der Waals surface area contributed by atoms with Crippen molar-refractivity contribution in [2.24, 2.45) is 5.92 Å². The van der Waals surface area contributed by atoms with Crippen LogP contribution in [-0.4, -0.2) is 64.0 Å². The molecule has 2 saturated heterocycles. The lowest BCUT2D eigenvalue weighted by atomic mass is 9.94. The van der Waals surface area contributed by atoms with E-state index in [1.165, 1.54) is 0 Å². The molecule has 5 rings (SSSR count). The highest BCUT2D eigenvalue weighted by molar-refractivity contribution is 5.81. The Bertz CT molecular complexity index is 1230. The molecular weight excluding hydrogens is 444 g/mol. The molecule has 1 unspecified atom stereocenters. The number of likely N-dealkylation sites (tertiary alicyclic amines) is 2. The highest BCUT2D eigenvalue weighted by Crippen LogP contribution is 2.27. The largest absolute Gasteiger partial charge is 0.493 e. The molecule has 2 aliphatic rings. The summed E-state index contributed by atoms with van der Waals surface area (Å²) < 4.78 is 7.51. The molecular formula is C27H32N4O4. The van der Waals surface area contributed by atoms with Crippen molar-refractivity contribution in [1.29, 1.82) is 0 Å². The van der Waals surface area contributed by atoms with Gasteiger partial charge in [0.2, 0.25) is 11.8 Å². The number of hydrogen-bond donors (Lipinski definition) is 1. The Kier molecular flexibility index (Phi) is 6.88. The SMILES string of the molecule is O=C(CCOc1ccccc1)N1CCCC(C(=O)N2CCC(n3c(=O)[nH]c4ccccc43)CC2)C1. The minimum absolute atomic E-state index is 0.0378. The van der Waals surface area contributed by atoms with Crippen LogP contribution in [0.3, 0.4) is 0 Å². The molecule has 1 atom stereocenters. The summed E-state index contributed by atoms with van der Waals surface area (Å²) in [6.07, 6.45) is 3.45. The number of para-hydroxylation sites is 3. The second-order valence-corrected chi connectivity index (χ2v) is 9.46. The number of amides is 2. The maximum atomic E-state index is 13.3. The number of H-pyrrole nitrogens is 1. The van der Waals surface area contributed by atoms with Gasteiger partial charge in [-0.05, 0) is 49.9 Å². The van der Waals surface area contributed by atoms with Crippen molar-refractivity contribution in [2.75, 3.05) is 32.8 Å². The van der Waals surface area contributed by atoms with Gasteiger partial charge in [0.05, 0.1) is 30.0 Å². The molecule has 35 heavy (non-hydrogen) atoms. The van der Waals surface area contributed by atoms with E-state index in [0.717, 1.165) is 42.5 Å². The number of ether oxygens (including phenoxy) is 1. The third-order valence-electron chi connectivity index (χ3n) is 7.22. The maximum Gasteiger partial charge on any atom is 0.326 e. The van der Waals surface area contributed by atoms with Crippen LogP contribution in [0.2, 0.25) is 0 Å². The molecule has 0 bridgehead atoms. The zero-order valence-electron chi connectivity index (χ0n) is 19.9. The number of rotatable bonds is 6. The number of nitrogens with one attached hydrogen (secondary N) is 1. The summed E-state index contributed by atoms with van der Waals surface area (Å²) in [7, 11) is 0. The minimum Gasteiger partial charge on any atom is -0.493 e. The Morgan fingerprint density at radius 2 is 1.66 bits per heavy atom. The first-order valence-electron chi connectivity index (χ1n) is 12.5. The molecule has 8 nitrogen and oxygen atoms in total. The van der Waals surface area contributed by atoms with Gasteiger partial charge < -0.3 is 19.5 Å². The van der Waals surface area contributed by atoms with Crippen molar-refractivity contribution in [1.82, 2.24) is 19.4 Å². The summed E-state index contributed by atoms with van der Waals surface area (Å²) in [6, 6.07) is 17.3. The van der Waals surface area contributed by atoms with Crippen LogP contribution < -0.4 is 10.4 Å². The topological polar surface area (TPSA) is 87.6 Å². The van der Waals surface area contributed by atoms with Gasteiger partial charge in [0, 0.05) is 32.2 Å². The van der Waals surface area contributed by atoms with Crippen LogP contribution in [0.25, 0.3) is 11.0 Å². The van der Waals surface area contributed by atoms with Gasteiger partial charge in [0.25, 0.3) is 0 Å². The van der Waals surface area contributed by atoms with Crippen LogP contribution in [0.15, 0.2) is 59.4 Å². The fourth-order valence-corrected chi connectivity index (χ4v) is 5.38. The van der Waals surface area contributed by atoms with E-state index in [0.29, 0.717) is 39.2 Å². The van der Waals surface area contributed by atoms with Crippen LogP contribution in [-0.2, 0) is 9.59 Å². The van der Waals surface area contributed by atoms with E-state index in [2.05, 4.69) is 4.98 Å². The number of aromatic nitrogens is 2. The Balaban J connectivity index is 1.13. The van der Waals surface area contributed by atoms with E-state index in [1.807, 2.05) is 69.0 Å². The van der Waals surface area contributed by atoms with E-state index in [1.54, 1.807) is 0 Å². The molecule has 2 fully saturated rings. The predicted molar refractivity (Wildman–Crippen MR) is 133 cm³/mol. The normalized spacial score (nSPS) is 19.1. The van der Waals surface area contributed by atoms with E-state index < -0.39 is 0 Å². The minimum atomic E-state index is -0.157. The number of fused-ring (bicyclic) bond motifs is 1. The molecule has 0 saturated carbocycles. The van der Waals surface area contributed by atoms with Gasteiger partial charge >= 0.3 is 5.69 Å². The van der Waals surface area contributed by atoms with Gasteiger partial charge in [-0.3, -0.25) is 14.2 Å². The zero-order chi connectivity index (χ0) is 24.2. The van der Waals surface area contributed by atoms with Gasteiger partial charge in [-0.15, -0.1) is 0 Å². The molecule has 8 heteroatoms. The number of carbonyl (C=O) groups excluding carboxylic acids is 2. The first kappa shape index (κ1) is 23.2. The van der Waals surface area contributed by atoms with Crippen molar-refractivity contribution in [2.45, 2.75) is 38.1 Å². The Hall–Kier alpha value is -3.55. The molecule has 0 spiro atoms. The molecule has 0 radical (unpaired) electrons. The van der Waals surface area contributed by atoms with E-state index >= 15 is 0 Å². The summed E-state index contributed by atoms with van der Waals surface area (Å²) in [5.41, 5.74) is 1.67. The molecule has 0 aliphatic carbocycles. The van der Waals surface area contributed by atoms with Crippen LogP contribution in [0.4, 0.5) is 0 Å². The molecule has 1 N–H and O–H groups in total. The van der Waals surface area contributed by atoms with Crippen molar-refractivity contribution < 1.29 is 14.3 Å². The molecule has 184 valence electrons. The average molecular weight is 477 g/mol. The molecule has 1 aromatic heterocycles. The molecule has 2 aromatic carbocycles. The van der Waals surface area contributed by atoms with E-state index in [-0.39, 0.29) is 29.5 Å². The fourth-order valence-electron chi connectivity index (χ4n) is 5.38. The molecule has 3 aromatic rings. The number of carbonyl (C=O) groups is 2. The van der Waals surface area contributed by atoms with Crippen LogP contribution in [0.5, 0.6) is 5.75 Å². The quantitative estimate of drug-likeness (QED) is 0.592. The molecule has 3 heterocycles. The summed E-state index contributed by atoms with van der Waals surface area (Å²) in [4.78, 5) is 45.2. The third kappa shape index (κ3) is 5.11. The van der Waals surface area contributed by atoms with Crippen molar-refractivity contribution >= 4 is 22.8 Å². The number of imidazole rings is 1. The lowest BCUT2D eigenvalue weighted by Gasteiger charge is -2.38. The smallest absolute Gasteiger partial charge is 0.326 e. The first-order valence-corrected chi connectivity index (χ1v) is 12.5. The van der Waals surface area contributed by atoms with Gasteiger partial charge in [-0.1, -0.05) is 30.3 Å². The van der Waals surface area contributed by atoms with Crippen molar-refractivity contribution in [3.63, 3.8) is 0 Å². The lowest BCUT2D eigenvalue weighted by Crippen LogP contribution is -2.49. The van der Waals surface area contributed by atoms with Gasteiger partial charge in [-0.25, -0.2) is 4.79 Å². The standard InChI is InChI=1S/C27H32N4O4/c32-25(14-18-35-22-8-2-1-3-9-22)30-15-6-7-20(19-30)26(33)29-16-12-21(13-17-29)31-24-11-5-4-10-23(24)28-27(31)34/h1-5,8-11,20-21H,6-7,12-19H2,(H,28,34). The van der Waals surface area contributed by atoms with Gasteiger partial charge in [0.1, 0.15) is 5.75 Å². The third-order valence-corrected chi connectivity index (χ3v) is 7.22. The van der Waals surface area contributed by atoms with Crippen LogP contribution >= 0.6 is 0 Å². The van der Waals surface area contributed by atoms with E-state index in [4.69, 9.17) is 4.74 Å². The predicted octanol–water partition coefficient (Wildman–Crippen LogP) is 3.20. The number of piperidine rings is 2. The Morgan fingerprint density at radius 3 is 2.46 bits per heavy atom. The fraction of sp³-hybridized carbons (Fsp3) is 0.444. The summed E-state index contributed by atoms with van der Waals surface area (Å²) in [5, 5.41) is 0. The van der Waals surface area contributed by atoms with Crippen LogP contribution in [0, 0.1) is 5.92 Å². The van der Waals surface area contributed by atoms with Gasteiger partial charge in [0.15, 0.2) is 0 Å². The summed E-state index contributed by atoms with van der Waals surface area (Å²) >= 11 is 0. The second-order valence-electron chi connectivity index (χ2n) is 9.46. The van der Waals surface area contributed by atoms with Gasteiger partial charge in [-0.2, -0.15) is 0 Å². The Morgan fingerprint density at radius 1 is 0.914 bits per heavy atom. The number of aromatic amines is 1. The number of nitrogens with zero attached hydrogens (tertiary/aromatic N) is 3. The Labute approximate surface area is 204 Å². The lowest BCUT2D eigenvalue weighted by molar-refractivity contribution is -0.142. The monoisotopic (exact) mass is 476 g/mol. The van der Waals surface area contributed by atoms with E-state index in [9.17, 15) is 14.4 Å².